The zero-order chi connectivity index (χ0) is 50.7. The molecular formula is C64H121NO5. The van der Waals surface area contributed by atoms with Gasteiger partial charge in [-0.1, -0.05) is 281 Å². The van der Waals surface area contributed by atoms with Crippen LogP contribution in [0.1, 0.15) is 335 Å². The molecule has 6 nitrogen and oxygen atoms in total. The van der Waals surface area contributed by atoms with Gasteiger partial charge < -0.3 is 20.3 Å². The van der Waals surface area contributed by atoms with Crippen LogP contribution in [0.15, 0.2) is 36.5 Å². The van der Waals surface area contributed by atoms with Crippen molar-refractivity contribution in [3.63, 3.8) is 0 Å². The van der Waals surface area contributed by atoms with Crippen LogP contribution in [-0.4, -0.2) is 47.4 Å². The number of aliphatic hydroxyl groups is 2. The monoisotopic (exact) mass is 984 g/mol. The Morgan fingerprint density at radius 2 is 0.729 bits per heavy atom. The Bertz CT molecular complexity index is 1130. The van der Waals surface area contributed by atoms with E-state index >= 15 is 0 Å². The van der Waals surface area contributed by atoms with Crippen molar-refractivity contribution < 1.29 is 24.5 Å². The van der Waals surface area contributed by atoms with Crippen molar-refractivity contribution in [2.24, 2.45) is 0 Å². The van der Waals surface area contributed by atoms with Crippen molar-refractivity contribution in [2.75, 3.05) is 13.2 Å². The third-order valence-corrected chi connectivity index (χ3v) is 14.4. The lowest BCUT2D eigenvalue weighted by molar-refractivity contribution is -0.143. The highest BCUT2D eigenvalue weighted by Crippen LogP contribution is 2.17. The SMILES string of the molecule is CCCC/C=C\CCCCCCCC(=O)OCCCCCCCCCCC/C=C\C/C=C\CCCCCCCCCCCC(=O)NC(CO)C(O)CCCCCCCCCCCCCCCCCCC. The molecule has 0 aliphatic heterocycles. The molecule has 2 atom stereocenters. The highest BCUT2D eigenvalue weighted by molar-refractivity contribution is 5.76. The summed E-state index contributed by atoms with van der Waals surface area (Å²) in [6, 6.07) is -0.546. The molecule has 412 valence electrons. The Kier molecular flexibility index (Phi) is 58.0. The fourth-order valence-electron chi connectivity index (χ4n) is 9.59. The van der Waals surface area contributed by atoms with Crippen LogP contribution in [0.3, 0.4) is 0 Å². The third kappa shape index (κ3) is 55.4. The number of nitrogens with one attached hydrogen (secondary N) is 1. The maximum Gasteiger partial charge on any atom is 0.305 e. The summed E-state index contributed by atoms with van der Waals surface area (Å²) in [5, 5.41) is 23.3. The summed E-state index contributed by atoms with van der Waals surface area (Å²) in [4.78, 5) is 24.5. The van der Waals surface area contributed by atoms with Gasteiger partial charge in [0.05, 0.1) is 25.4 Å². The van der Waals surface area contributed by atoms with Crippen LogP contribution in [0.5, 0.6) is 0 Å². The number of unbranched alkanes of at least 4 members (excludes halogenated alkanes) is 41. The smallest absolute Gasteiger partial charge is 0.305 e. The molecule has 0 rings (SSSR count). The zero-order valence-corrected chi connectivity index (χ0v) is 47.0. The van der Waals surface area contributed by atoms with E-state index in [0.717, 1.165) is 51.4 Å². The average Bonchev–Trinajstić information content (AvgIpc) is 3.36. The lowest BCUT2D eigenvalue weighted by atomic mass is 10.0. The van der Waals surface area contributed by atoms with Crippen LogP contribution < -0.4 is 5.32 Å². The quantitative estimate of drug-likeness (QED) is 0.0321. The first kappa shape index (κ1) is 68.1. The summed E-state index contributed by atoms with van der Waals surface area (Å²) in [5.74, 6) is -0.0412. The van der Waals surface area contributed by atoms with Crippen molar-refractivity contribution in [3.8, 4) is 0 Å². The molecule has 0 aromatic carbocycles. The maximum absolute atomic E-state index is 12.5. The van der Waals surface area contributed by atoms with Crippen LogP contribution in [0.25, 0.3) is 0 Å². The molecule has 2 unspecified atom stereocenters. The first-order valence-electron chi connectivity index (χ1n) is 31.2. The lowest BCUT2D eigenvalue weighted by Crippen LogP contribution is -2.45. The number of hydrogen-bond acceptors (Lipinski definition) is 5. The minimum Gasteiger partial charge on any atom is -0.466 e. The normalized spacial score (nSPS) is 12.8. The Morgan fingerprint density at radius 1 is 0.400 bits per heavy atom. The molecule has 0 aliphatic rings. The van der Waals surface area contributed by atoms with Crippen molar-refractivity contribution in [2.45, 2.75) is 347 Å². The Hall–Kier alpha value is -1.92. The summed E-state index contributed by atoms with van der Waals surface area (Å²) in [5.41, 5.74) is 0. The van der Waals surface area contributed by atoms with Gasteiger partial charge in [0.25, 0.3) is 0 Å². The lowest BCUT2D eigenvalue weighted by Gasteiger charge is -2.22. The Balaban J connectivity index is 3.44. The summed E-state index contributed by atoms with van der Waals surface area (Å²) in [6.45, 7) is 4.92. The van der Waals surface area contributed by atoms with Crippen LogP contribution in [0, 0.1) is 0 Å². The molecule has 0 radical (unpaired) electrons. The number of amides is 1. The maximum atomic E-state index is 12.5. The number of hydrogen-bond donors (Lipinski definition) is 3. The number of ether oxygens (including phenoxy) is 1. The molecule has 6 heteroatoms. The average molecular weight is 985 g/mol. The minimum absolute atomic E-state index is 0.00211. The van der Waals surface area contributed by atoms with Crippen molar-refractivity contribution in [1.29, 1.82) is 0 Å². The summed E-state index contributed by atoms with van der Waals surface area (Å²) in [6.07, 6.45) is 74.4. The van der Waals surface area contributed by atoms with Crippen molar-refractivity contribution in [3.05, 3.63) is 36.5 Å². The van der Waals surface area contributed by atoms with Gasteiger partial charge in [0.1, 0.15) is 0 Å². The summed E-state index contributed by atoms with van der Waals surface area (Å²) >= 11 is 0. The second kappa shape index (κ2) is 59.6. The number of rotatable bonds is 58. The zero-order valence-electron chi connectivity index (χ0n) is 47.0. The fraction of sp³-hybridized carbons (Fsp3) is 0.875. The van der Waals surface area contributed by atoms with Crippen molar-refractivity contribution >= 4 is 11.9 Å². The Labute approximate surface area is 436 Å². The van der Waals surface area contributed by atoms with Crippen LogP contribution in [0.2, 0.25) is 0 Å². The molecule has 1 amide bonds. The largest absolute Gasteiger partial charge is 0.466 e. The van der Waals surface area contributed by atoms with Crippen LogP contribution in [-0.2, 0) is 14.3 Å². The highest BCUT2D eigenvalue weighted by Gasteiger charge is 2.20. The van der Waals surface area contributed by atoms with Gasteiger partial charge in [-0.2, -0.15) is 0 Å². The van der Waals surface area contributed by atoms with E-state index < -0.39 is 12.1 Å². The molecule has 0 aromatic heterocycles. The van der Waals surface area contributed by atoms with Gasteiger partial charge in [0.15, 0.2) is 0 Å². The predicted molar refractivity (Wildman–Crippen MR) is 306 cm³/mol. The van der Waals surface area contributed by atoms with Gasteiger partial charge in [0, 0.05) is 12.8 Å². The number of aliphatic hydroxyl groups excluding tert-OH is 2. The van der Waals surface area contributed by atoms with Crippen LogP contribution >= 0.6 is 0 Å². The summed E-state index contributed by atoms with van der Waals surface area (Å²) in [7, 11) is 0. The first-order chi connectivity index (χ1) is 34.5. The molecule has 0 heterocycles. The number of allylic oxidation sites excluding steroid dienone is 6. The second-order valence-corrected chi connectivity index (χ2v) is 21.4. The fourth-order valence-corrected chi connectivity index (χ4v) is 9.59. The third-order valence-electron chi connectivity index (χ3n) is 14.4. The summed E-state index contributed by atoms with van der Waals surface area (Å²) < 4.78 is 5.45. The van der Waals surface area contributed by atoms with Gasteiger partial charge in [-0.3, -0.25) is 9.59 Å². The molecule has 0 fully saturated rings. The standard InChI is InChI=1S/C64H121NO5/c1-3-5-7-9-11-13-15-16-17-27-30-33-37-40-44-48-52-56-62(67)61(60-66)65-63(68)57-53-49-45-41-38-34-31-28-25-23-21-19-18-20-22-24-26-29-32-35-39-43-47-51-55-59-70-64(69)58-54-50-46-42-36-14-12-10-8-6-4-2/h10,12,19-22,61-62,66-67H,3-9,11,13-18,23-60H2,1-2H3,(H,65,68)/b12-10-,21-19-,22-20-. The predicted octanol–water partition coefficient (Wildman–Crippen LogP) is 19.6. The van der Waals surface area contributed by atoms with E-state index in [-0.39, 0.29) is 18.5 Å². The van der Waals surface area contributed by atoms with E-state index in [0.29, 0.717) is 25.9 Å². The molecule has 0 spiro atoms. The van der Waals surface area contributed by atoms with E-state index in [1.807, 2.05) is 0 Å². The minimum atomic E-state index is -0.669. The van der Waals surface area contributed by atoms with Gasteiger partial charge >= 0.3 is 5.97 Å². The van der Waals surface area contributed by atoms with E-state index in [9.17, 15) is 19.8 Å². The molecule has 0 aromatic rings. The van der Waals surface area contributed by atoms with Gasteiger partial charge in [0.2, 0.25) is 5.91 Å². The second-order valence-electron chi connectivity index (χ2n) is 21.4. The topological polar surface area (TPSA) is 95.9 Å². The first-order valence-corrected chi connectivity index (χ1v) is 31.2. The van der Waals surface area contributed by atoms with E-state index in [1.165, 1.54) is 250 Å². The Morgan fingerprint density at radius 3 is 1.14 bits per heavy atom. The molecule has 70 heavy (non-hydrogen) atoms. The van der Waals surface area contributed by atoms with Gasteiger partial charge in [-0.25, -0.2) is 0 Å². The van der Waals surface area contributed by atoms with Crippen LogP contribution in [0.4, 0.5) is 0 Å². The van der Waals surface area contributed by atoms with Crippen molar-refractivity contribution in [1.82, 2.24) is 5.32 Å². The van der Waals surface area contributed by atoms with Gasteiger partial charge in [-0.05, 0) is 77.0 Å². The number of carbonyl (C=O) groups excluding carboxylic acids is 2. The van der Waals surface area contributed by atoms with E-state index in [2.05, 4.69) is 55.6 Å². The number of esters is 1. The molecule has 3 N–H and O–H groups in total. The molecule has 0 bridgehead atoms. The molecular weight excluding hydrogens is 863 g/mol. The number of carbonyl (C=O) groups is 2. The van der Waals surface area contributed by atoms with E-state index in [4.69, 9.17) is 4.74 Å². The van der Waals surface area contributed by atoms with Gasteiger partial charge in [-0.15, -0.1) is 0 Å². The molecule has 0 saturated carbocycles. The van der Waals surface area contributed by atoms with E-state index in [1.54, 1.807) is 0 Å². The highest BCUT2D eigenvalue weighted by atomic mass is 16.5. The molecule has 0 saturated heterocycles. The molecule has 0 aliphatic carbocycles.